The third-order valence-corrected chi connectivity index (χ3v) is 2.27. The molecular formula is C13H18N2O2. The maximum Gasteiger partial charge on any atom is 0.224 e. The van der Waals surface area contributed by atoms with Crippen LogP contribution in [0, 0.1) is 0 Å². The van der Waals surface area contributed by atoms with Gasteiger partial charge in [-0.2, -0.15) is 0 Å². The Balaban J connectivity index is 2.69. The highest BCUT2D eigenvalue weighted by Crippen LogP contribution is 2.21. The molecule has 0 aromatic heterocycles. The van der Waals surface area contributed by atoms with Crippen molar-refractivity contribution < 1.29 is 9.59 Å². The molecule has 92 valence electrons. The zero-order valence-corrected chi connectivity index (χ0v) is 10.2. The first-order valence-electron chi connectivity index (χ1n) is 5.80. The lowest BCUT2D eigenvalue weighted by Crippen LogP contribution is -2.14. The lowest BCUT2D eigenvalue weighted by atomic mass is 10.2. The van der Waals surface area contributed by atoms with Gasteiger partial charge in [0.15, 0.2) is 0 Å². The van der Waals surface area contributed by atoms with E-state index >= 15 is 0 Å². The van der Waals surface area contributed by atoms with Gasteiger partial charge in [-0.25, -0.2) is 0 Å². The van der Waals surface area contributed by atoms with Gasteiger partial charge in [0.1, 0.15) is 0 Å². The van der Waals surface area contributed by atoms with Crippen molar-refractivity contribution >= 4 is 23.2 Å². The first-order valence-corrected chi connectivity index (χ1v) is 5.80. The second-order valence-corrected chi connectivity index (χ2v) is 3.88. The summed E-state index contributed by atoms with van der Waals surface area (Å²) in [5.41, 5.74) is 1.27. The summed E-state index contributed by atoms with van der Waals surface area (Å²) in [6, 6.07) is 7.17. The molecule has 1 rings (SSSR count). The number of nitrogens with one attached hydrogen (secondary N) is 2. The summed E-state index contributed by atoms with van der Waals surface area (Å²) in [6.07, 6.45) is 2.36. The minimum Gasteiger partial charge on any atom is -0.325 e. The van der Waals surface area contributed by atoms with Crippen molar-refractivity contribution in [2.45, 2.75) is 33.1 Å². The van der Waals surface area contributed by atoms with Crippen LogP contribution in [0.25, 0.3) is 0 Å². The second-order valence-electron chi connectivity index (χ2n) is 3.88. The highest BCUT2D eigenvalue weighted by molar-refractivity contribution is 5.98. The number of anilines is 2. The third kappa shape index (κ3) is 4.68. The number of carbonyl (C=O) groups is 2. The predicted molar refractivity (Wildman–Crippen MR) is 68.9 cm³/mol. The number of rotatable bonds is 5. The quantitative estimate of drug-likeness (QED) is 0.823. The summed E-state index contributed by atoms with van der Waals surface area (Å²) >= 11 is 0. The van der Waals surface area contributed by atoms with Gasteiger partial charge >= 0.3 is 0 Å². The van der Waals surface area contributed by atoms with Crippen molar-refractivity contribution in [1.29, 1.82) is 0 Å². The maximum atomic E-state index is 11.6. The number of hydrogen-bond donors (Lipinski definition) is 2. The normalized spacial score (nSPS) is 9.76. The number of hydrogen-bond acceptors (Lipinski definition) is 2. The molecule has 0 saturated carbocycles. The first-order chi connectivity index (χ1) is 8.13. The van der Waals surface area contributed by atoms with Gasteiger partial charge < -0.3 is 10.6 Å². The van der Waals surface area contributed by atoms with Crippen LogP contribution in [-0.2, 0) is 9.59 Å². The van der Waals surface area contributed by atoms with Crippen molar-refractivity contribution in [2.24, 2.45) is 0 Å². The highest BCUT2D eigenvalue weighted by Gasteiger charge is 2.06. The van der Waals surface area contributed by atoms with E-state index in [0.717, 1.165) is 12.8 Å². The molecule has 0 radical (unpaired) electrons. The molecule has 4 heteroatoms. The van der Waals surface area contributed by atoms with Crippen LogP contribution in [0.4, 0.5) is 11.4 Å². The zero-order valence-electron chi connectivity index (χ0n) is 10.2. The standard InChI is InChI=1S/C13H18N2O2/c1-3-4-9-13(17)15-12-8-6-5-7-11(12)14-10(2)16/h5-8H,3-4,9H2,1-2H3,(H,14,16)(H,15,17). The Bertz CT molecular complexity index is 402. The number of benzene rings is 1. The molecule has 1 aromatic carbocycles. The van der Waals surface area contributed by atoms with E-state index in [1.165, 1.54) is 6.92 Å². The average Bonchev–Trinajstić information content (AvgIpc) is 2.28. The fourth-order valence-corrected chi connectivity index (χ4v) is 1.44. The van der Waals surface area contributed by atoms with Crippen LogP contribution in [0.5, 0.6) is 0 Å². The van der Waals surface area contributed by atoms with Crippen LogP contribution in [0.3, 0.4) is 0 Å². The van der Waals surface area contributed by atoms with Crippen molar-refractivity contribution in [3.63, 3.8) is 0 Å². The molecule has 0 bridgehead atoms. The Kier molecular flexibility index (Phi) is 5.20. The lowest BCUT2D eigenvalue weighted by Gasteiger charge is -2.10. The van der Waals surface area contributed by atoms with Crippen LogP contribution >= 0.6 is 0 Å². The van der Waals surface area contributed by atoms with E-state index in [2.05, 4.69) is 10.6 Å². The number of amides is 2. The van der Waals surface area contributed by atoms with Crippen molar-refractivity contribution in [1.82, 2.24) is 0 Å². The summed E-state index contributed by atoms with van der Waals surface area (Å²) in [5, 5.41) is 5.48. The Morgan fingerprint density at radius 1 is 1.12 bits per heavy atom. The molecule has 0 atom stereocenters. The van der Waals surface area contributed by atoms with Crippen molar-refractivity contribution in [2.75, 3.05) is 10.6 Å². The number of unbranched alkanes of at least 4 members (excludes halogenated alkanes) is 1. The second kappa shape index (κ2) is 6.68. The van der Waals surface area contributed by atoms with Gasteiger partial charge in [0.2, 0.25) is 11.8 Å². The average molecular weight is 234 g/mol. The summed E-state index contributed by atoms with van der Waals surface area (Å²) in [6.45, 7) is 3.48. The molecule has 2 N–H and O–H groups in total. The highest BCUT2D eigenvalue weighted by atomic mass is 16.2. The van der Waals surface area contributed by atoms with E-state index in [-0.39, 0.29) is 11.8 Å². The largest absolute Gasteiger partial charge is 0.325 e. The molecule has 0 aliphatic heterocycles. The Morgan fingerprint density at radius 3 is 2.24 bits per heavy atom. The molecule has 2 amide bonds. The van der Waals surface area contributed by atoms with Gasteiger partial charge in [0, 0.05) is 13.3 Å². The van der Waals surface area contributed by atoms with E-state index in [9.17, 15) is 9.59 Å². The van der Waals surface area contributed by atoms with E-state index in [1.807, 2.05) is 19.1 Å². The van der Waals surface area contributed by atoms with E-state index in [1.54, 1.807) is 12.1 Å². The zero-order chi connectivity index (χ0) is 12.7. The Hall–Kier alpha value is -1.84. The Labute approximate surface area is 101 Å². The minimum absolute atomic E-state index is 0.0235. The fraction of sp³-hybridized carbons (Fsp3) is 0.385. The number of carbonyl (C=O) groups excluding carboxylic acids is 2. The van der Waals surface area contributed by atoms with Crippen LogP contribution < -0.4 is 10.6 Å². The van der Waals surface area contributed by atoms with Gasteiger partial charge in [-0.15, -0.1) is 0 Å². The minimum atomic E-state index is -0.153. The molecule has 0 unspecified atom stereocenters. The van der Waals surface area contributed by atoms with Crippen LogP contribution in [0.15, 0.2) is 24.3 Å². The van der Waals surface area contributed by atoms with E-state index in [4.69, 9.17) is 0 Å². The molecule has 0 fully saturated rings. The van der Waals surface area contributed by atoms with Crippen LogP contribution in [0.1, 0.15) is 33.1 Å². The van der Waals surface area contributed by atoms with Gasteiger partial charge in [0.25, 0.3) is 0 Å². The molecule has 0 spiro atoms. The van der Waals surface area contributed by atoms with Crippen molar-refractivity contribution in [3.8, 4) is 0 Å². The molecule has 0 heterocycles. The monoisotopic (exact) mass is 234 g/mol. The topological polar surface area (TPSA) is 58.2 Å². The molecule has 4 nitrogen and oxygen atoms in total. The Morgan fingerprint density at radius 2 is 1.71 bits per heavy atom. The summed E-state index contributed by atoms with van der Waals surface area (Å²) in [5.74, 6) is -0.176. The van der Waals surface area contributed by atoms with E-state index in [0.29, 0.717) is 17.8 Å². The molecule has 0 aliphatic carbocycles. The SMILES string of the molecule is CCCCC(=O)Nc1ccccc1NC(C)=O. The first kappa shape index (κ1) is 13.2. The molecule has 17 heavy (non-hydrogen) atoms. The fourth-order valence-electron chi connectivity index (χ4n) is 1.44. The van der Waals surface area contributed by atoms with Gasteiger partial charge in [-0.05, 0) is 18.6 Å². The molecule has 1 aromatic rings. The van der Waals surface area contributed by atoms with Gasteiger partial charge in [-0.1, -0.05) is 25.5 Å². The lowest BCUT2D eigenvalue weighted by molar-refractivity contribution is -0.116. The molecule has 0 aliphatic rings. The van der Waals surface area contributed by atoms with Crippen LogP contribution in [-0.4, -0.2) is 11.8 Å². The summed E-state index contributed by atoms with van der Waals surface area (Å²) in [7, 11) is 0. The predicted octanol–water partition coefficient (Wildman–Crippen LogP) is 2.77. The van der Waals surface area contributed by atoms with Gasteiger partial charge in [-0.3, -0.25) is 9.59 Å². The summed E-state index contributed by atoms with van der Waals surface area (Å²) < 4.78 is 0. The molecule has 0 saturated heterocycles. The summed E-state index contributed by atoms with van der Waals surface area (Å²) in [4.78, 5) is 22.6. The maximum absolute atomic E-state index is 11.6. The molecular weight excluding hydrogens is 216 g/mol. The van der Waals surface area contributed by atoms with Crippen molar-refractivity contribution in [3.05, 3.63) is 24.3 Å². The van der Waals surface area contributed by atoms with Gasteiger partial charge in [0.05, 0.1) is 11.4 Å². The smallest absolute Gasteiger partial charge is 0.224 e. The van der Waals surface area contributed by atoms with Crippen LogP contribution in [0.2, 0.25) is 0 Å². The third-order valence-electron chi connectivity index (χ3n) is 2.27. The van der Waals surface area contributed by atoms with E-state index < -0.39 is 0 Å². The number of para-hydroxylation sites is 2.